The molecule has 1 aromatic heterocycles. The number of carboxylic acid groups (broad SMARTS) is 2. The average molecular weight is 570 g/mol. The molecule has 3 aromatic rings. The summed E-state index contributed by atoms with van der Waals surface area (Å²) in [5.74, 6) is -6.71. The van der Waals surface area contributed by atoms with E-state index in [0.29, 0.717) is 4.88 Å². The topological polar surface area (TPSA) is 171 Å². The Labute approximate surface area is 233 Å². The Kier molecular flexibility index (Phi) is 10.2. The highest BCUT2D eigenvalue weighted by Gasteiger charge is 2.30. The number of carbonyl (C=O) groups is 4. The summed E-state index contributed by atoms with van der Waals surface area (Å²) < 4.78 is 19.4. The molecule has 0 aliphatic carbocycles. The number of likely N-dealkylation sites (N-methyl/N-ethyl adjacent to an activating group) is 1. The molecule has 0 aliphatic heterocycles. The quantitative estimate of drug-likeness (QED) is 0.0980. The maximum absolute atomic E-state index is 14.3. The lowest BCUT2D eigenvalue weighted by atomic mass is 9.92. The molecule has 0 aliphatic rings. The van der Waals surface area contributed by atoms with Crippen LogP contribution in [0.5, 0.6) is 5.75 Å². The molecule has 0 radical (unpaired) electrons. The van der Waals surface area contributed by atoms with Crippen molar-refractivity contribution in [3.05, 3.63) is 87.4 Å². The molecule has 210 valence electrons. The number of halogens is 1. The van der Waals surface area contributed by atoms with Gasteiger partial charge < -0.3 is 20.7 Å². The van der Waals surface area contributed by atoms with E-state index in [-0.39, 0.29) is 35.0 Å². The Morgan fingerprint density at radius 1 is 1.05 bits per heavy atom. The number of benzene rings is 2. The predicted molar refractivity (Wildman–Crippen MR) is 145 cm³/mol. The summed E-state index contributed by atoms with van der Waals surface area (Å²) in [5, 5.41) is 25.8. The van der Waals surface area contributed by atoms with Crippen LogP contribution in [-0.2, 0) is 27.3 Å². The predicted octanol–water partition coefficient (Wildman–Crippen LogP) is 3.57. The van der Waals surface area contributed by atoms with Gasteiger partial charge in [0.05, 0.1) is 18.4 Å². The number of nitrogens with two attached hydrogens (primary N) is 1. The number of hydrogen-bond acceptors (Lipinski definition) is 8. The molecule has 10 nitrogen and oxygen atoms in total. The Hall–Kier alpha value is -4.42. The second-order valence-corrected chi connectivity index (χ2v) is 10.3. The number of nitrogen functional groups attached to an aromatic ring is 1. The van der Waals surface area contributed by atoms with E-state index in [1.165, 1.54) is 18.2 Å². The van der Waals surface area contributed by atoms with Crippen molar-refractivity contribution in [1.82, 2.24) is 4.90 Å². The molecule has 1 heterocycles. The van der Waals surface area contributed by atoms with Gasteiger partial charge >= 0.3 is 17.9 Å². The summed E-state index contributed by atoms with van der Waals surface area (Å²) in [6.07, 6.45) is -0.845. The standard InChI is InChI=1S/C28H28FN3O7S/c1-32(21(11-16-5-3-2-4-6-16)22(33)13-18(27(36)37)14-25(34)35)15-19-8-10-24(40-19)28(38)39-23-9-7-17(26(30)31)12-20(23)29/h2-10,12,18,21H,11,13-15H2,1H3,(H3,30,31)(H,34,35)(H,36,37)/t18-,21-/m0/s1. The van der Waals surface area contributed by atoms with Crippen LogP contribution in [0.15, 0.2) is 60.7 Å². The first-order valence-corrected chi connectivity index (χ1v) is 12.9. The minimum absolute atomic E-state index is 0.149. The van der Waals surface area contributed by atoms with Crippen molar-refractivity contribution in [1.29, 1.82) is 5.41 Å². The maximum atomic E-state index is 14.3. The number of carboxylic acids is 2. The Morgan fingerprint density at radius 2 is 1.75 bits per heavy atom. The van der Waals surface area contributed by atoms with Crippen LogP contribution in [0.4, 0.5) is 4.39 Å². The van der Waals surface area contributed by atoms with Crippen molar-refractivity contribution < 1.29 is 38.5 Å². The normalized spacial score (nSPS) is 12.5. The number of aliphatic carboxylic acids is 2. The van der Waals surface area contributed by atoms with Gasteiger partial charge in [-0.1, -0.05) is 30.3 Å². The van der Waals surface area contributed by atoms with Gasteiger partial charge in [-0.15, -0.1) is 11.3 Å². The average Bonchev–Trinajstić information content (AvgIpc) is 3.36. The smallest absolute Gasteiger partial charge is 0.353 e. The van der Waals surface area contributed by atoms with Gasteiger partial charge in [0.15, 0.2) is 17.3 Å². The molecule has 12 heteroatoms. The Bertz CT molecular complexity index is 1410. The van der Waals surface area contributed by atoms with Gasteiger partial charge in [0.1, 0.15) is 10.7 Å². The highest BCUT2D eigenvalue weighted by molar-refractivity contribution is 7.13. The van der Waals surface area contributed by atoms with Crippen molar-refractivity contribution in [3.8, 4) is 5.75 Å². The summed E-state index contributed by atoms with van der Waals surface area (Å²) in [6.45, 7) is 0.222. The zero-order valence-corrected chi connectivity index (χ0v) is 22.3. The van der Waals surface area contributed by atoms with Crippen molar-refractivity contribution in [2.75, 3.05) is 7.05 Å². The lowest BCUT2D eigenvalue weighted by Gasteiger charge is -2.27. The number of Topliss-reactive ketones (excluding diaryl/α,β-unsaturated/α-hetero) is 1. The van der Waals surface area contributed by atoms with Crippen molar-refractivity contribution in [2.45, 2.75) is 31.8 Å². The van der Waals surface area contributed by atoms with Crippen molar-refractivity contribution >= 4 is 40.9 Å². The number of rotatable bonds is 14. The van der Waals surface area contributed by atoms with Gasteiger partial charge in [-0.3, -0.25) is 24.7 Å². The molecule has 0 amide bonds. The molecule has 2 atom stereocenters. The fourth-order valence-corrected chi connectivity index (χ4v) is 4.97. The van der Waals surface area contributed by atoms with E-state index in [1.54, 1.807) is 18.0 Å². The summed E-state index contributed by atoms with van der Waals surface area (Å²) in [7, 11) is 1.68. The van der Waals surface area contributed by atoms with Crippen LogP contribution in [0.25, 0.3) is 0 Å². The first kappa shape index (κ1) is 30.1. The lowest BCUT2D eigenvalue weighted by Crippen LogP contribution is -2.41. The fourth-order valence-electron chi connectivity index (χ4n) is 4.02. The zero-order valence-electron chi connectivity index (χ0n) is 21.5. The van der Waals surface area contributed by atoms with Crippen LogP contribution in [-0.4, -0.2) is 57.7 Å². The molecule has 40 heavy (non-hydrogen) atoms. The summed E-state index contributed by atoms with van der Waals surface area (Å²) in [6, 6.07) is 15.1. The number of nitrogens with zero attached hydrogens (tertiary/aromatic N) is 1. The van der Waals surface area contributed by atoms with E-state index in [2.05, 4.69) is 0 Å². The van der Waals surface area contributed by atoms with Gasteiger partial charge in [0.2, 0.25) is 0 Å². The number of ether oxygens (including phenoxy) is 1. The number of ketones is 1. The molecule has 0 fully saturated rings. The minimum atomic E-state index is -1.36. The summed E-state index contributed by atoms with van der Waals surface area (Å²) >= 11 is 1.09. The number of amidine groups is 1. The molecule has 0 saturated heterocycles. The molecule has 3 rings (SSSR count). The summed E-state index contributed by atoms with van der Waals surface area (Å²) in [5.41, 5.74) is 6.33. The van der Waals surface area contributed by atoms with E-state index in [9.17, 15) is 28.7 Å². The van der Waals surface area contributed by atoms with Gasteiger partial charge in [0.25, 0.3) is 0 Å². The first-order valence-electron chi connectivity index (χ1n) is 12.1. The van der Waals surface area contributed by atoms with Crippen molar-refractivity contribution in [2.24, 2.45) is 11.7 Å². The minimum Gasteiger partial charge on any atom is -0.481 e. The van der Waals surface area contributed by atoms with Crippen molar-refractivity contribution in [3.63, 3.8) is 0 Å². The largest absolute Gasteiger partial charge is 0.481 e. The third-order valence-electron chi connectivity index (χ3n) is 6.11. The highest BCUT2D eigenvalue weighted by Crippen LogP contribution is 2.25. The van der Waals surface area contributed by atoms with Crippen LogP contribution < -0.4 is 10.5 Å². The fraction of sp³-hybridized carbons (Fsp3) is 0.250. The molecular weight excluding hydrogens is 541 g/mol. The Balaban J connectivity index is 1.74. The number of esters is 1. The SMILES string of the molecule is CN(Cc1ccc(C(=O)Oc2ccc(C(=N)N)cc2F)s1)[C@@H](Cc1ccccc1)C(=O)C[C@@H](CC(=O)O)C(=O)O. The van der Waals surface area contributed by atoms with Gasteiger partial charge in [-0.2, -0.15) is 0 Å². The van der Waals surface area contributed by atoms with Crippen LogP contribution in [0.2, 0.25) is 0 Å². The van der Waals surface area contributed by atoms with E-state index in [4.69, 9.17) is 21.0 Å². The molecule has 0 unspecified atom stereocenters. The zero-order chi connectivity index (χ0) is 29.4. The lowest BCUT2D eigenvalue weighted by molar-refractivity contribution is -0.149. The third kappa shape index (κ3) is 8.29. The first-order chi connectivity index (χ1) is 18.9. The van der Waals surface area contributed by atoms with E-state index in [0.717, 1.165) is 23.0 Å². The second-order valence-electron chi connectivity index (χ2n) is 9.14. The van der Waals surface area contributed by atoms with Gasteiger partial charge in [-0.05, 0) is 49.4 Å². The van der Waals surface area contributed by atoms with Crippen LogP contribution in [0.1, 0.15) is 38.5 Å². The van der Waals surface area contributed by atoms with Crippen LogP contribution in [0, 0.1) is 17.1 Å². The maximum Gasteiger partial charge on any atom is 0.353 e. The highest BCUT2D eigenvalue weighted by atomic mass is 32.1. The van der Waals surface area contributed by atoms with Gasteiger partial charge in [-0.25, -0.2) is 9.18 Å². The number of thiophene rings is 1. The third-order valence-corrected chi connectivity index (χ3v) is 7.16. The molecule has 0 saturated carbocycles. The molecule has 2 aromatic carbocycles. The summed E-state index contributed by atoms with van der Waals surface area (Å²) in [4.78, 5) is 51.2. The van der Waals surface area contributed by atoms with E-state index >= 15 is 0 Å². The monoisotopic (exact) mass is 569 g/mol. The molecule has 5 N–H and O–H groups in total. The number of carbonyl (C=O) groups excluding carboxylic acids is 2. The van der Waals surface area contributed by atoms with Crippen LogP contribution in [0.3, 0.4) is 0 Å². The van der Waals surface area contributed by atoms with E-state index < -0.39 is 54.3 Å². The number of hydrogen-bond donors (Lipinski definition) is 4. The molecule has 0 bridgehead atoms. The second kappa shape index (κ2) is 13.6. The molecule has 0 spiro atoms. The van der Waals surface area contributed by atoms with Gasteiger partial charge in [0, 0.05) is 23.4 Å². The molecular formula is C28H28FN3O7S. The van der Waals surface area contributed by atoms with E-state index in [1.807, 2.05) is 30.3 Å². The Morgan fingerprint density at radius 3 is 2.35 bits per heavy atom. The van der Waals surface area contributed by atoms with Crippen LogP contribution >= 0.6 is 11.3 Å². The number of nitrogens with one attached hydrogen (secondary N) is 1.